The molecule has 2 aromatic rings. The van der Waals surface area contributed by atoms with Gasteiger partial charge in [-0.25, -0.2) is 21.6 Å². The van der Waals surface area contributed by atoms with E-state index in [0.29, 0.717) is 18.7 Å². The SMILES string of the molecule is CCS(=O)(=O)N1CCC2(C1)CN(Cc1ccccn1)S(=O)(=O)c1ccccc1O2.O=C(O)C(F)(F)F. The highest BCUT2D eigenvalue weighted by molar-refractivity contribution is 7.89. The molecule has 3 heterocycles. The van der Waals surface area contributed by atoms with Crippen LogP contribution < -0.4 is 4.74 Å². The number of carboxylic acid groups (broad SMARTS) is 1. The molecule has 1 aromatic carbocycles. The Kier molecular flexibility index (Phi) is 7.98. The molecule has 10 nitrogen and oxygen atoms in total. The molecule has 0 bridgehead atoms. The molecule has 1 aromatic heterocycles. The fourth-order valence-corrected chi connectivity index (χ4v) is 6.58. The summed E-state index contributed by atoms with van der Waals surface area (Å²) in [6.45, 7) is 2.16. The number of aromatic nitrogens is 1. The lowest BCUT2D eigenvalue weighted by Gasteiger charge is -2.31. The zero-order chi connectivity index (χ0) is 26.8. The molecule has 0 amide bonds. The van der Waals surface area contributed by atoms with E-state index < -0.39 is 37.8 Å². The molecule has 0 radical (unpaired) electrons. The molecule has 2 aliphatic heterocycles. The van der Waals surface area contributed by atoms with Crippen LogP contribution in [0.3, 0.4) is 0 Å². The van der Waals surface area contributed by atoms with Crippen molar-refractivity contribution in [3.63, 3.8) is 0 Å². The van der Waals surface area contributed by atoms with Gasteiger partial charge in [0.25, 0.3) is 0 Å². The van der Waals surface area contributed by atoms with Gasteiger partial charge in [0.05, 0.1) is 31.1 Å². The number of halogens is 3. The van der Waals surface area contributed by atoms with Crippen molar-refractivity contribution in [3.8, 4) is 5.75 Å². The number of ether oxygens (including phenoxy) is 1. The third-order valence-electron chi connectivity index (χ3n) is 5.60. The van der Waals surface area contributed by atoms with Crippen molar-refractivity contribution >= 4 is 26.0 Å². The van der Waals surface area contributed by atoms with Gasteiger partial charge in [-0.05, 0) is 31.2 Å². The summed E-state index contributed by atoms with van der Waals surface area (Å²) in [5.41, 5.74) is -0.335. The fraction of sp³-hybridized carbons (Fsp3) is 0.429. The van der Waals surface area contributed by atoms with Crippen molar-refractivity contribution in [1.29, 1.82) is 0 Å². The van der Waals surface area contributed by atoms with E-state index in [9.17, 15) is 30.0 Å². The van der Waals surface area contributed by atoms with Crippen molar-refractivity contribution in [1.82, 2.24) is 13.6 Å². The van der Waals surface area contributed by atoms with Gasteiger partial charge in [0, 0.05) is 19.2 Å². The number of sulfonamides is 2. The van der Waals surface area contributed by atoms with Crippen LogP contribution >= 0.6 is 0 Å². The van der Waals surface area contributed by atoms with E-state index in [4.69, 9.17) is 14.6 Å². The average molecular weight is 552 g/mol. The second-order valence-corrected chi connectivity index (χ2v) is 12.3. The smallest absolute Gasteiger partial charge is 0.483 e. The summed E-state index contributed by atoms with van der Waals surface area (Å²) >= 11 is 0. The highest BCUT2D eigenvalue weighted by Crippen LogP contribution is 2.39. The van der Waals surface area contributed by atoms with Gasteiger partial charge in [-0.15, -0.1) is 0 Å². The lowest BCUT2D eigenvalue weighted by molar-refractivity contribution is -0.192. The third-order valence-corrected chi connectivity index (χ3v) is 9.26. The van der Waals surface area contributed by atoms with Crippen LogP contribution in [-0.4, -0.2) is 78.7 Å². The van der Waals surface area contributed by atoms with E-state index in [-0.39, 0.29) is 36.0 Å². The number of nitrogens with zero attached hydrogens (tertiary/aromatic N) is 3. The zero-order valence-electron chi connectivity index (χ0n) is 19.1. The van der Waals surface area contributed by atoms with Gasteiger partial charge in [0.1, 0.15) is 16.2 Å². The minimum atomic E-state index is -5.08. The lowest BCUT2D eigenvalue weighted by Crippen LogP contribution is -2.49. The van der Waals surface area contributed by atoms with Gasteiger partial charge in [-0.1, -0.05) is 18.2 Å². The van der Waals surface area contributed by atoms with Crippen molar-refractivity contribution in [2.75, 3.05) is 25.4 Å². The molecule has 4 rings (SSSR count). The van der Waals surface area contributed by atoms with E-state index >= 15 is 0 Å². The standard InChI is InChI=1S/C19H23N3O5S2.C2HF3O2/c1-2-28(23,24)21-12-10-19(14-21)15-22(13-16-7-5-6-11-20-16)29(25,26)18-9-4-3-8-17(18)27-19;3-2(4,5)1(6)7/h3-9,11H,2,10,12-15H2,1H3;(H,6,7). The normalized spacial score (nSPS) is 22.1. The van der Waals surface area contributed by atoms with Crippen molar-refractivity contribution in [2.24, 2.45) is 0 Å². The monoisotopic (exact) mass is 551 g/mol. The second-order valence-electron chi connectivity index (χ2n) is 8.11. The molecule has 1 saturated heterocycles. The Bertz CT molecular complexity index is 1310. The van der Waals surface area contributed by atoms with E-state index in [1.165, 1.54) is 14.7 Å². The van der Waals surface area contributed by atoms with Crippen LogP contribution in [0.4, 0.5) is 13.2 Å². The van der Waals surface area contributed by atoms with Gasteiger partial charge >= 0.3 is 12.1 Å². The molecule has 15 heteroatoms. The van der Waals surface area contributed by atoms with Crippen LogP contribution in [0.2, 0.25) is 0 Å². The first-order chi connectivity index (χ1) is 16.7. The second kappa shape index (κ2) is 10.3. The summed E-state index contributed by atoms with van der Waals surface area (Å²) in [4.78, 5) is 13.2. The number of alkyl halides is 3. The molecule has 0 aliphatic carbocycles. The van der Waals surface area contributed by atoms with Gasteiger partial charge in [0.2, 0.25) is 20.0 Å². The minimum absolute atomic E-state index is 0.00435. The molecule has 198 valence electrons. The van der Waals surface area contributed by atoms with Crippen LogP contribution in [0.15, 0.2) is 53.6 Å². The fourth-order valence-electron chi connectivity index (χ4n) is 3.81. The molecule has 1 spiro atoms. The highest BCUT2D eigenvalue weighted by atomic mass is 32.2. The van der Waals surface area contributed by atoms with Gasteiger partial charge in [0.15, 0.2) is 0 Å². The molecule has 0 saturated carbocycles. The molecule has 36 heavy (non-hydrogen) atoms. The Morgan fingerprint density at radius 3 is 2.39 bits per heavy atom. The Morgan fingerprint density at radius 1 is 1.17 bits per heavy atom. The average Bonchev–Trinajstić information content (AvgIpc) is 3.20. The molecule has 2 aliphatic rings. The number of hydrogen-bond acceptors (Lipinski definition) is 7. The van der Waals surface area contributed by atoms with Crippen LogP contribution in [-0.2, 0) is 31.4 Å². The summed E-state index contributed by atoms with van der Waals surface area (Å²) in [5.74, 6) is -2.51. The molecule has 1 atom stereocenters. The van der Waals surface area contributed by atoms with E-state index in [0.717, 1.165) is 0 Å². The Balaban J connectivity index is 0.000000454. The number of fused-ring (bicyclic) bond motifs is 1. The van der Waals surface area contributed by atoms with Gasteiger partial charge in [-0.2, -0.15) is 21.8 Å². The number of pyridine rings is 1. The van der Waals surface area contributed by atoms with E-state index in [2.05, 4.69) is 4.98 Å². The summed E-state index contributed by atoms with van der Waals surface area (Å²) in [6, 6.07) is 11.8. The number of carbonyl (C=O) groups is 1. The topological polar surface area (TPSA) is 134 Å². The number of para-hydroxylation sites is 1. The Labute approximate surface area is 206 Å². The predicted octanol–water partition coefficient (Wildman–Crippen LogP) is 2.09. The summed E-state index contributed by atoms with van der Waals surface area (Å²) < 4.78 is 92.3. The van der Waals surface area contributed by atoms with E-state index in [1.54, 1.807) is 49.5 Å². The molecule has 1 fully saturated rings. The van der Waals surface area contributed by atoms with Gasteiger partial charge in [-0.3, -0.25) is 4.98 Å². The maximum absolute atomic E-state index is 13.4. The van der Waals surface area contributed by atoms with Crippen LogP contribution in [0.25, 0.3) is 0 Å². The van der Waals surface area contributed by atoms with Crippen LogP contribution in [0.1, 0.15) is 19.0 Å². The summed E-state index contributed by atoms with van der Waals surface area (Å²) in [6.07, 6.45) is -3.06. The van der Waals surface area contributed by atoms with Gasteiger partial charge < -0.3 is 9.84 Å². The third kappa shape index (κ3) is 6.14. The zero-order valence-corrected chi connectivity index (χ0v) is 20.7. The van der Waals surface area contributed by atoms with Crippen molar-refractivity contribution in [3.05, 3.63) is 54.4 Å². The largest absolute Gasteiger partial charge is 0.490 e. The number of hydrogen-bond donors (Lipinski definition) is 1. The first-order valence-electron chi connectivity index (χ1n) is 10.7. The predicted molar refractivity (Wildman–Crippen MR) is 121 cm³/mol. The van der Waals surface area contributed by atoms with Crippen LogP contribution in [0.5, 0.6) is 5.75 Å². The number of rotatable bonds is 4. The minimum Gasteiger partial charge on any atom is -0.483 e. The molecule has 1 unspecified atom stereocenters. The molecule has 1 N–H and O–H groups in total. The number of carboxylic acids is 1. The number of aliphatic carboxylic acids is 1. The highest BCUT2D eigenvalue weighted by Gasteiger charge is 2.50. The Hall–Kier alpha value is -2.75. The summed E-state index contributed by atoms with van der Waals surface area (Å²) in [7, 11) is -7.23. The maximum Gasteiger partial charge on any atom is 0.490 e. The molecular weight excluding hydrogens is 527 g/mol. The first kappa shape index (κ1) is 27.8. The number of benzene rings is 1. The van der Waals surface area contributed by atoms with Crippen molar-refractivity contribution in [2.45, 2.75) is 36.6 Å². The maximum atomic E-state index is 13.4. The van der Waals surface area contributed by atoms with E-state index in [1.807, 2.05) is 0 Å². The molecular formula is C21H24F3N3O7S2. The lowest BCUT2D eigenvalue weighted by atomic mass is 10.0. The van der Waals surface area contributed by atoms with Crippen LogP contribution in [0, 0.1) is 0 Å². The first-order valence-corrected chi connectivity index (χ1v) is 13.7. The summed E-state index contributed by atoms with van der Waals surface area (Å²) in [5, 5.41) is 7.12. The van der Waals surface area contributed by atoms with Crippen molar-refractivity contribution < 1.29 is 44.6 Å². The Morgan fingerprint density at radius 2 is 1.81 bits per heavy atom. The quantitative estimate of drug-likeness (QED) is 0.611.